The Morgan fingerprint density at radius 2 is 2.12 bits per heavy atom. The largest absolute Gasteiger partial charge is 0.445 e. The molecule has 88 valence electrons. The molecule has 1 atom stereocenters. The van der Waals surface area contributed by atoms with Gasteiger partial charge in [-0.1, -0.05) is 37.3 Å². The molecule has 0 unspecified atom stereocenters. The number of carbonyl (C=O) groups excluding carboxylic acids is 1. The van der Waals surface area contributed by atoms with Gasteiger partial charge in [-0.15, -0.1) is 0 Å². The van der Waals surface area contributed by atoms with Crippen LogP contribution in [0.25, 0.3) is 0 Å². The summed E-state index contributed by atoms with van der Waals surface area (Å²) in [5, 5.41) is 2.75. The van der Waals surface area contributed by atoms with Crippen molar-refractivity contribution in [3.63, 3.8) is 0 Å². The van der Waals surface area contributed by atoms with Gasteiger partial charge in [0.25, 0.3) is 0 Å². The van der Waals surface area contributed by atoms with Crippen LogP contribution < -0.4 is 5.32 Å². The van der Waals surface area contributed by atoms with Gasteiger partial charge in [-0.05, 0) is 12.0 Å². The first-order valence-corrected chi connectivity index (χ1v) is 5.97. The fourth-order valence-corrected chi connectivity index (χ4v) is 1.56. The second-order valence-electron chi connectivity index (χ2n) is 3.49. The highest BCUT2D eigenvalue weighted by atomic mass is 32.1. The number of alkyl carbamates (subject to hydrolysis) is 1. The minimum atomic E-state index is -0.384. The van der Waals surface area contributed by atoms with Gasteiger partial charge in [-0.3, -0.25) is 0 Å². The topological polar surface area (TPSA) is 38.3 Å². The fraction of sp³-hybridized carbons (Fsp3) is 0.417. The van der Waals surface area contributed by atoms with Gasteiger partial charge in [0, 0.05) is 11.8 Å². The van der Waals surface area contributed by atoms with Gasteiger partial charge in [-0.2, -0.15) is 12.6 Å². The summed E-state index contributed by atoms with van der Waals surface area (Å²) in [7, 11) is 0. The Hall–Kier alpha value is -1.16. The minimum Gasteiger partial charge on any atom is -0.445 e. The van der Waals surface area contributed by atoms with E-state index < -0.39 is 0 Å². The van der Waals surface area contributed by atoms with Gasteiger partial charge in [0.15, 0.2) is 0 Å². The molecule has 16 heavy (non-hydrogen) atoms. The Kier molecular flexibility index (Phi) is 5.78. The summed E-state index contributed by atoms with van der Waals surface area (Å²) >= 11 is 4.14. The molecule has 4 heteroatoms. The Bertz CT molecular complexity index is 312. The predicted octanol–water partition coefficient (Wildman–Crippen LogP) is 2.62. The van der Waals surface area contributed by atoms with Crippen molar-refractivity contribution in [2.45, 2.75) is 26.0 Å². The Morgan fingerprint density at radius 3 is 2.69 bits per heavy atom. The molecule has 0 saturated heterocycles. The van der Waals surface area contributed by atoms with Crippen LogP contribution in [0.2, 0.25) is 0 Å². The Balaban J connectivity index is 2.30. The maximum absolute atomic E-state index is 11.4. The molecule has 1 amide bonds. The van der Waals surface area contributed by atoms with E-state index in [0.29, 0.717) is 12.4 Å². The highest BCUT2D eigenvalue weighted by Crippen LogP contribution is 2.01. The van der Waals surface area contributed by atoms with Crippen LogP contribution in [-0.4, -0.2) is 17.9 Å². The van der Waals surface area contributed by atoms with Crippen molar-refractivity contribution in [3.05, 3.63) is 35.9 Å². The first-order valence-electron chi connectivity index (χ1n) is 5.34. The lowest BCUT2D eigenvalue weighted by Gasteiger charge is -2.14. The minimum absolute atomic E-state index is 0.0756. The molecule has 0 aliphatic rings. The van der Waals surface area contributed by atoms with Crippen molar-refractivity contribution >= 4 is 18.7 Å². The maximum Gasteiger partial charge on any atom is 0.407 e. The molecule has 1 aromatic rings. The molecule has 3 nitrogen and oxygen atoms in total. The lowest BCUT2D eigenvalue weighted by molar-refractivity contribution is 0.136. The SMILES string of the molecule is CC[C@@H](CS)NC(=O)OCc1ccccc1. The van der Waals surface area contributed by atoms with Crippen LogP contribution in [0.1, 0.15) is 18.9 Å². The van der Waals surface area contributed by atoms with Crippen LogP contribution in [0.15, 0.2) is 30.3 Å². The van der Waals surface area contributed by atoms with Crippen molar-refractivity contribution in [1.82, 2.24) is 5.32 Å². The number of amides is 1. The van der Waals surface area contributed by atoms with E-state index in [2.05, 4.69) is 17.9 Å². The van der Waals surface area contributed by atoms with E-state index >= 15 is 0 Å². The normalized spacial score (nSPS) is 11.9. The lowest BCUT2D eigenvalue weighted by atomic mass is 10.2. The van der Waals surface area contributed by atoms with Gasteiger partial charge in [0.2, 0.25) is 0 Å². The van der Waals surface area contributed by atoms with Crippen molar-refractivity contribution in [2.24, 2.45) is 0 Å². The van der Waals surface area contributed by atoms with Crippen LogP contribution in [0.3, 0.4) is 0 Å². The van der Waals surface area contributed by atoms with E-state index in [1.807, 2.05) is 37.3 Å². The van der Waals surface area contributed by atoms with E-state index in [9.17, 15) is 4.79 Å². The van der Waals surface area contributed by atoms with E-state index in [0.717, 1.165) is 12.0 Å². The lowest BCUT2D eigenvalue weighted by Crippen LogP contribution is -2.35. The van der Waals surface area contributed by atoms with Crippen LogP contribution in [-0.2, 0) is 11.3 Å². The van der Waals surface area contributed by atoms with Gasteiger partial charge in [0.05, 0.1) is 0 Å². The van der Waals surface area contributed by atoms with Crippen molar-refractivity contribution in [2.75, 3.05) is 5.75 Å². The average Bonchev–Trinajstić information content (AvgIpc) is 2.34. The molecular weight excluding hydrogens is 222 g/mol. The van der Waals surface area contributed by atoms with Crippen LogP contribution in [0.5, 0.6) is 0 Å². The Morgan fingerprint density at radius 1 is 1.44 bits per heavy atom. The quantitative estimate of drug-likeness (QED) is 0.775. The molecule has 0 aromatic heterocycles. The number of ether oxygens (including phenoxy) is 1. The van der Waals surface area contributed by atoms with E-state index in [1.165, 1.54) is 0 Å². The van der Waals surface area contributed by atoms with E-state index in [-0.39, 0.29) is 12.1 Å². The molecule has 0 aliphatic carbocycles. The molecule has 1 aromatic carbocycles. The van der Waals surface area contributed by atoms with Gasteiger partial charge >= 0.3 is 6.09 Å². The second-order valence-corrected chi connectivity index (χ2v) is 3.86. The van der Waals surface area contributed by atoms with Crippen molar-refractivity contribution < 1.29 is 9.53 Å². The van der Waals surface area contributed by atoms with Gasteiger partial charge in [-0.25, -0.2) is 4.79 Å². The zero-order valence-corrected chi connectivity index (χ0v) is 10.2. The van der Waals surface area contributed by atoms with Crippen LogP contribution in [0, 0.1) is 0 Å². The molecule has 0 aliphatic heterocycles. The summed E-state index contributed by atoms with van der Waals surface area (Å²) in [6, 6.07) is 9.68. The molecule has 0 heterocycles. The summed E-state index contributed by atoms with van der Waals surface area (Å²) in [5.74, 6) is 0.622. The molecule has 0 radical (unpaired) electrons. The fourth-order valence-electron chi connectivity index (χ4n) is 1.21. The van der Waals surface area contributed by atoms with E-state index in [4.69, 9.17) is 4.74 Å². The number of hydrogen-bond donors (Lipinski definition) is 2. The third kappa shape index (κ3) is 4.57. The summed E-state index contributed by atoms with van der Waals surface area (Å²) < 4.78 is 5.08. The van der Waals surface area contributed by atoms with E-state index in [1.54, 1.807) is 0 Å². The molecule has 1 rings (SSSR count). The monoisotopic (exact) mass is 239 g/mol. The maximum atomic E-state index is 11.4. The highest BCUT2D eigenvalue weighted by Gasteiger charge is 2.09. The summed E-state index contributed by atoms with van der Waals surface area (Å²) in [5.41, 5.74) is 0.983. The molecule has 0 bridgehead atoms. The molecular formula is C12H17NO2S. The molecule has 0 spiro atoms. The summed E-state index contributed by atoms with van der Waals surface area (Å²) in [4.78, 5) is 11.4. The van der Waals surface area contributed by atoms with Crippen molar-refractivity contribution in [3.8, 4) is 0 Å². The number of rotatable bonds is 5. The first kappa shape index (κ1) is 12.9. The third-order valence-corrected chi connectivity index (χ3v) is 2.69. The smallest absolute Gasteiger partial charge is 0.407 e. The standard InChI is InChI=1S/C12H17NO2S/c1-2-11(9-16)13-12(14)15-8-10-6-4-3-5-7-10/h3-7,11,16H,2,8-9H2,1H3,(H,13,14)/t11-/m0/s1. The number of hydrogen-bond acceptors (Lipinski definition) is 3. The number of carbonyl (C=O) groups is 1. The number of nitrogens with one attached hydrogen (secondary N) is 1. The second kappa shape index (κ2) is 7.17. The Labute approximate surface area is 102 Å². The summed E-state index contributed by atoms with van der Waals surface area (Å²) in [6.07, 6.45) is 0.467. The number of benzene rings is 1. The predicted molar refractivity (Wildman–Crippen MR) is 67.7 cm³/mol. The summed E-state index contributed by atoms with van der Waals surface area (Å²) in [6.45, 7) is 2.30. The van der Waals surface area contributed by atoms with Gasteiger partial charge < -0.3 is 10.1 Å². The van der Waals surface area contributed by atoms with Gasteiger partial charge in [0.1, 0.15) is 6.61 Å². The third-order valence-electron chi connectivity index (χ3n) is 2.25. The first-order chi connectivity index (χ1) is 7.76. The highest BCUT2D eigenvalue weighted by molar-refractivity contribution is 7.80. The van der Waals surface area contributed by atoms with Crippen molar-refractivity contribution in [1.29, 1.82) is 0 Å². The van der Waals surface area contributed by atoms with Crippen LogP contribution in [0.4, 0.5) is 4.79 Å². The van der Waals surface area contributed by atoms with Crippen LogP contribution >= 0.6 is 12.6 Å². The zero-order valence-electron chi connectivity index (χ0n) is 9.35. The number of thiol groups is 1. The molecule has 0 saturated carbocycles. The zero-order chi connectivity index (χ0) is 11.8. The average molecular weight is 239 g/mol. The molecule has 1 N–H and O–H groups in total. The molecule has 0 fully saturated rings.